The number of benzene rings is 1. The molecule has 1 aliphatic heterocycles. The van der Waals surface area contributed by atoms with Crippen LogP contribution < -0.4 is 16.2 Å². The molecule has 4 N–H and O–H groups in total. The Hall–Kier alpha value is -2.53. The number of hydrogen-bond acceptors (Lipinski definition) is 8. The molecule has 3 aromatic rings. The Kier molecular flexibility index (Phi) is 6.24. The zero-order valence-electron chi connectivity index (χ0n) is 17.4. The number of ether oxygens (including phenoxy) is 2. The van der Waals surface area contributed by atoms with Gasteiger partial charge < -0.3 is 20.3 Å². The number of anilines is 1. The van der Waals surface area contributed by atoms with Crippen LogP contribution in [-0.2, 0) is 16.1 Å². The lowest BCUT2D eigenvalue weighted by molar-refractivity contribution is -0.0819. The number of H-pyrrole nitrogens is 1. The number of rotatable bonds is 7. The lowest BCUT2D eigenvalue weighted by atomic mass is 9.95. The van der Waals surface area contributed by atoms with Crippen LogP contribution in [0.4, 0.5) is 5.95 Å². The van der Waals surface area contributed by atoms with Gasteiger partial charge in [-0.05, 0) is 25.3 Å². The monoisotopic (exact) mass is 446 g/mol. The molecule has 166 valence electrons. The molecule has 31 heavy (non-hydrogen) atoms. The first-order valence-corrected chi connectivity index (χ1v) is 11.1. The Labute approximate surface area is 182 Å². The van der Waals surface area contributed by atoms with Crippen molar-refractivity contribution in [1.82, 2.24) is 14.5 Å². The highest BCUT2D eigenvalue weighted by molar-refractivity contribution is 7.16. The van der Waals surface area contributed by atoms with Crippen molar-refractivity contribution in [1.29, 1.82) is 0 Å². The molecule has 1 saturated heterocycles. The number of thiazole rings is 1. The summed E-state index contributed by atoms with van der Waals surface area (Å²) in [7, 11) is 0. The van der Waals surface area contributed by atoms with Crippen LogP contribution in [0.15, 0.2) is 39.9 Å². The molecule has 2 unspecified atom stereocenters. The second-order valence-corrected chi connectivity index (χ2v) is 8.75. The first-order chi connectivity index (χ1) is 14.9. The molecule has 0 spiro atoms. The minimum absolute atomic E-state index is 0.0721. The average Bonchev–Trinajstić information content (AvgIpc) is 3.33. The van der Waals surface area contributed by atoms with E-state index in [2.05, 4.69) is 9.97 Å². The van der Waals surface area contributed by atoms with Crippen LogP contribution in [0, 0.1) is 5.92 Å². The first kappa shape index (κ1) is 21.7. The maximum absolute atomic E-state index is 12.8. The number of hydrogen-bond donors (Lipinski definition) is 3. The standard InChI is InChI=1S/C21H26N4O5S/c1-3-14(26)15-9-13(11(2)29-10-12-7-5-4-6-8-12)19(30-15)25-17-16(31-21(25)28)18(27)24-20(22)23-17/h4-8,11,13-15,19,26H,3,9-10H2,1-2H3,(H3,22,23,24,27)/t11?,13-,14?,15-,19+/m0/s1. The van der Waals surface area contributed by atoms with Crippen molar-refractivity contribution in [2.24, 2.45) is 5.92 Å². The second-order valence-electron chi connectivity index (χ2n) is 7.78. The molecule has 1 fully saturated rings. The molecule has 1 aromatic carbocycles. The third kappa shape index (κ3) is 4.29. The lowest BCUT2D eigenvalue weighted by Gasteiger charge is -2.25. The van der Waals surface area contributed by atoms with Gasteiger partial charge in [-0.1, -0.05) is 48.6 Å². The van der Waals surface area contributed by atoms with Gasteiger partial charge in [-0.3, -0.25) is 19.1 Å². The van der Waals surface area contributed by atoms with Gasteiger partial charge in [0.1, 0.15) is 10.9 Å². The number of aliphatic hydroxyl groups excluding tert-OH is 1. The third-order valence-corrected chi connectivity index (χ3v) is 6.68. The number of nitrogen functional groups attached to an aromatic ring is 1. The molecule has 1 aliphatic rings. The summed E-state index contributed by atoms with van der Waals surface area (Å²) in [6.45, 7) is 4.22. The summed E-state index contributed by atoms with van der Waals surface area (Å²) >= 11 is 0.803. The molecular formula is C21H26N4O5S. The van der Waals surface area contributed by atoms with Gasteiger partial charge in [-0.15, -0.1) is 0 Å². The summed E-state index contributed by atoms with van der Waals surface area (Å²) in [6, 6.07) is 9.80. The molecule has 4 rings (SSSR count). The molecule has 10 heteroatoms. The molecule has 0 radical (unpaired) electrons. The molecule has 0 amide bonds. The largest absolute Gasteiger partial charge is 0.390 e. The van der Waals surface area contributed by atoms with E-state index in [4.69, 9.17) is 15.2 Å². The Morgan fingerprint density at radius 1 is 1.39 bits per heavy atom. The van der Waals surface area contributed by atoms with Gasteiger partial charge >= 0.3 is 4.87 Å². The predicted molar refractivity (Wildman–Crippen MR) is 118 cm³/mol. The number of nitrogens with one attached hydrogen (secondary N) is 1. The fourth-order valence-corrected chi connectivity index (χ4v) is 4.84. The zero-order valence-corrected chi connectivity index (χ0v) is 18.2. The van der Waals surface area contributed by atoms with Crippen molar-refractivity contribution in [2.45, 2.75) is 57.8 Å². The van der Waals surface area contributed by atoms with Gasteiger partial charge in [0.25, 0.3) is 5.56 Å². The van der Waals surface area contributed by atoms with Crippen molar-refractivity contribution < 1.29 is 14.6 Å². The summed E-state index contributed by atoms with van der Waals surface area (Å²) in [6.07, 6.45) is -1.10. The minimum atomic E-state index is -0.730. The SMILES string of the molecule is CCC(O)[C@@H]1C[C@@H](C(C)OCc2ccccc2)[C@H](n2c(=O)sc3c(=O)[nH]c(N)nc32)O1. The number of aliphatic hydroxyl groups is 1. The molecule has 9 nitrogen and oxygen atoms in total. The average molecular weight is 447 g/mol. The zero-order chi connectivity index (χ0) is 22.1. The molecular weight excluding hydrogens is 420 g/mol. The van der Waals surface area contributed by atoms with Crippen molar-refractivity contribution in [2.75, 3.05) is 5.73 Å². The van der Waals surface area contributed by atoms with Crippen LogP contribution in [0.25, 0.3) is 10.3 Å². The number of nitrogens with zero attached hydrogens (tertiary/aromatic N) is 2. The van der Waals surface area contributed by atoms with Crippen molar-refractivity contribution in [3.05, 3.63) is 55.9 Å². The van der Waals surface area contributed by atoms with Crippen molar-refractivity contribution in [3.63, 3.8) is 0 Å². The van der Waals surface area contributed by atoms with Gasteiger partial charge in [0.2, 0.25) is 5.95 Å². The van der Waals surface area contributed by atoms with Crippen LogP contribution in [0.2, 0.25) is 0 Å². The van der Waals surface area contributed by atoms with Crippen molar-refractivity contribution >= 4 is 27.6 Å². The third-order valence-electron chi connectivity index (χ3n) is 5.74. The Balaban J connectivity index is 1.68. The highest BCUT2D eigenvalue weighted by atomic mass is 32.1. The molecule has 0 saturated carbocycles. The maximum Gasteiger partial charge on any atom is 0.311 e. The Morgan fingerprint density at radius 3 is 2.84 bits per heavy atom. The summed E-state index contributed by atoms with van der Waals surface area (Å²) in [5, 5.41) is 10.4. The molecule has 5 atom stereocenters. The highest BCUT2D eigenvalue weighted by Crippen LogP contribution is 2.40. The highest BCUT2D eigenvalue weighted by Gasteiger charge is 2.44. The van der Waals surface area contributed by atoms with Crippen LogP contribution in [-0.4, -0.2) is 38.0 Å². The van der Waals surface area contributed by atoms with E-state index in [1.54, 1.807) is 0 Å². The van der Waals surface area contributed by atoms with E-state index >= 15 is 0 Å². The fourth-order valence-electron chi connectivity index (χ4n) is 4.00. The summed E-state index contributed by atoms with van der Waals surface area (Å²) in [4.78, 5) is 31.3. The van der Waals surface area contributed by atoms with E-state index in [-0.39, 0.29) is 33.2 Å². The van der Waals surface area contributed by atoms with E-state index in [1.807, 2.05) is 44.2 Å². The van der Waals surface area contributed by atoms with Gasteiger partial charge in [0.05, 0.1) is 24.9 Å². The summed E-state index contributed by atoms with van der Waals surface area (Å²) < 4.78 is 13.8. The van der Waals surface area contributed by atoms with Crippen LogP contribution in [0.1, 0.15) is 38.5 Å². The van der Waals surface area contributed by atoms with Gasteiger partial charge in [-0.2, -0.15) is 4.98 Å². The topological polar surface area (TPSA) is 132 Å². The predicted octanol–water partition coefficient (Wildman–Crippen LogP) is 2.01. The van der Waals surface area contributed by atoms with Crippen LogP contribution in [0.5, 0.6) is 0 Å². The fraction of sp³-hybridized carbons (Fsp3) is 0.476. The Bertz CT molecular complexity index is 1160. The summed E-state index contributed by atoms with van der Waals surface area (Å²) in [5.74, 6) is -0.301. The quantitative estimate of drug-likeness (QED) is 0.506. The number of fused-ring (bicyclic) bond motifs is 1. The maximum atomic E-state index is 12.8. The normalized spacial score (nSPS) is 23.3. The molecule has 3 heterocycles. The number of nitrogens with two attached hydrogens (primary N) is 1. The van der Waals surface area contributed by atoms with Crippen LogP contribution in [0.3, 0.4) is 0 Å². The van der Waals surface area contributed by atoms with Crippen molar-refractivity contribution in [3.8, 4) is 0 Å². The smallest absolute Gasteiger partial charge is 0.311 e. The first-order valence-electron chi connectivity index (χ1n) is 10.3. The van der Waals surface area contributed by atoms with Crippen LogP contribution >= 0.6 is 11.3 Å². The van der Waals surface area contributed by atoms with E-state index in [0.717, 1.165) is 16.9 Å². The van der Waals surface area contributed by atoms with E-state index < -0.39 is 24.0 Å². The Morgan fingerprint density at radius 2 is 2.13 bits per heavy atom. The van der Waals surface area contributed by atoms with E-state index in [0.29, 0.717) is 19.4 Å². The van der Waals surface area contributed by atoms with E-state index in [9.17, 15) is 14.7 Å². The minimum Gasteiger partial charge on any atom is -0.390 e. The van der Waals surface area contributed by atoms with Gasteiger partial charge in [0, 0.05) is 5.92 Å². The van der Waals surface area contributed by atoms with E-state index in [1.165, 1.54) is 4.57 Å². The number of aromatic nitrogens is 3. The molecule has 0 aliphatic carbocycles. The lowest BCUT2D eigenvalue weighted by Crippen LogP contribution is -2.31. The molecule has 0 bridgehead atoms. The second kappa shape index (κ2) is 8.91. The van der Waals surface area contributed by atoms with Gasteiger partial charge in [0.15, 0.2) is 5.65 Å². The summed E-state index contributed by atoms with van der Waals surface area (Å²) in [5.41, 5.74) is 6.48. The van der Waals surface area contributed by atoms with Gasteiger partial charge in [-0.25, -0.2) is 0 Å². The molecule has 2 aromatic heterocycles. The number of aromatic amines is 1.